The average molecular weight is 269 g/mol. The molecule has 1 saturated heterocycles. The van der Waals surface area contributed by atoms with Crippen LogP contribution in [-0.2, 0) is 14.3 Å². The fourth-order valence-corrected chi connectivity index (χ4v) is 2.99. The first kappa shape index (κ1) is 14.3. The van der Waals surface area contributed by atoms with Crippen LogP contribution in [0, 0.1) is 17.8 Å². The lowest BCUT2D eigenvalue weighted by Gasteiger charge is -2.26. The van der Waals surface area contributed by atoms with Gasteiger partial charge >= 0.3 is 5.97 Å². The third-order valence-electron chi connectivity index (χ3n) is 4.41. The Morgan fingerprint density at radius 3 is 2.42 bits per heavy atom. The van der Waals surface area contributed by atoms with Crippen LogP contribution >= 0.6 is 0 Å². The second-order valence-corrected chi connectivity index (χ2v) is 5.86. The van der Waals surface area contributed by atoms with Crippen molar-refractivity contribution in [1.82, 2.24) is 5.32 Å². The molecule has 19 heavy (non-hydrogen) atoms. The van der Waals surface area contributed by atoms with Crippen LogP contribution < -0.4 is 5.32 Å². The molecule has 2 unspecified atom stereocenters. The van der Waals surface area contributed by atoms with Crippen molar-refractivity contribution in [2.75, 3.05) is 13.2 Å². The largest absolute Gasteiger partial charge is 0.481 e. The van der Waals surface area contributed by atoms with E-state index in [2.05, 4.69) is 5.32 Å². The summed E-state index contributed by atoms with van der Waals surface area (Å²) in [7, 11) is 0. The Morgan fingerprint density at radius 1 is 1.21 bits per heavy atom. The van der Waals surface area contributed by atoms with Gasteiger partial charge in [-0.2, -0.15) is 0 Å². The van der Waals surface area contributed by atoms with Crippen LogP contribution in [0.15, 0.2) is 0 Å². The highest BCUT2D eigenvalue weighted by molar-refractivity contribution is 5.81. The summed E-state index contributed by atoms with van der Waals surface area (Å²) in [5.74, 6) is -0.176. The molecule has 5 heteroatoms. The lowest BCUT2D eigenvalue weighted by atomic mass is 9.82. The standard InChI is InChI=1S/C14H23NO4/c1-9-6-7-19-12(9)13(16)15-8-10-2-4-11(5-3-10)14(17)18/h9-12H,2-8H2,1H3,(H,15,16)(H,17,18). The minimum absolute atomic E-state index is 0.00893. The van der Waals surface area contributed by atoms with Crippen molar-refractivity contribution in [2.45, 2.75) is 45.1 Å². The predicted molar refractivity (Wildman–Crippen MR) is 69.6 cm³/mol. The third kappa shape index (κ3) is 3.69. The molecular formula is C14H23NO4. The maximum atomic E-state index is 11.9. The number of nitrogens with one attached hydrogen (secondary N) is 1. The Bertz CT molecular complexity index is 336. The van der Waals surface area contributed by atoms with Gasteiger partial charge in [-0.15, -0.1) is 0 Å². The van der Waals surface area contributed by atoms with Crippen LogP contribution in [0.3, 0.4) is 0 Å². The van der Waals surface area contributed by atoms with E-state index in [1.54, 1.807) is 0 Å². The summed E-state index contributed by atoms with van der Waals surface area (Å²) in [6, 6.07) is 0. The maximum absolute atomic E-state index is 11.9. The molecule has 0 bridgehead atoms. The SMILES string of the molecule is CC1CCOC1C(=O)NCC1CCC(C(=O)O)CC1. The van der Waals surface area contributed by atoms with Gasteiger partial charge in [-0.05, 0) is 43.9 Å². The maximum Gasteiger partial charge on any atom is 0.306 e. The second-order valence-electron chi connectivity index (χ2n) is 5.86. The Balaban J connectivity index is 1.69. The fraction of sp³-hybridized carbons (Fsp3) is 0.857. The number of hydrogen-bond donors (Lipinski definition) is 2. The number of ether oxygens (including phenoxy) is 1. The molecule has 0 aromatic carbocycles. The normalized spacial score (nSPS) is 35.0. The molecule has 0 aromatic rings. The molecule has 0 radical (unpaired) electrons. The first-order valence-electron chi connectivity index (χ1n) is 7.20. The number of amides is 1. The van der Waals surface area contributed by atoms with Gasteiger partial charge in [0.15, 0.2) is 0 Å². The molecule has 0 aromatic heterocycles. The lowest BCUT2D eigenvalue weighted by Crippen LogP contribution is -2.40. The Morgan fingerprint density at radius 2 is 1.89 bits per heavy atom. The Hall–Kier alpha value is -1.10. The zero-order valence-electron chi connectivity index (χ0n) is 11.4. The number of carbonyl (C=O) groups is 2. The van der Waals surface area contributed by atoms with Gasteiger partial charge in [0.25, 0.3) is 0 Å². The molecule has 2 N–H and O–H groups in total. The van der Waals surface area contributed by atoms with E-state index in [9.17, 15) is 9.59 Å². The van der Waals surface area contributed by atoms with E-state index in [4.69, 9.17) is 9.84 Å². The molecule has 108 valence electrons. The van der Waals surface area contributed by atoms with Crippen LogP contribution in [0.4, 0.5) is 0 Å². The number of hydrogen-bond acceptors (Lipinski definition) is 3. The van der Waals surface area contributed by atoms with Crippen LogP contribution in [0.2, 0.25) is 0 Å². The molecule has 2 fully saturated rings. The summed E-state index contributed by atoms with van der Waals surface area (Å²) >= 11 is 0. The second kappa shape index (κ2) is 6.37. The van der Waals surface area contributed by atoms with Gasteiger partial charge < -0.3 is 15.2 Å². The van der Waals surface area contributed by atoms with E-state index >= 15 is 0 Å². The summed E-state index contributed by atoms with van der Waals surface area (Å²) in [5.41, 5.74) is 0. The van der Waals surface area contributed by atoms with E-state index in [0.717, 1.165) is 32.1 Å². The first-order chi connectivity index (χ1) is 9.08. The van der Waals surface area contributed by atoms with E-state index < -0.39 is 5.97 Å². The third-order valence-corrected chi connectivity index (χ3v) is 4.41. The molecule has 5 nitrogen and oxygen atoms in total. The smallest absolute Gasteiger partial charge is 0.306 e. The van der Waals surface area contributed by atoms with Crippen LogP contribution in [0.5, 0.6) is 0 Å². The van der Waals surface area contributed by atoms with Gasteiger partial charge in [-0.25, -0.2) is 0 Å². The molecule has 1 aliphatic carbocycles. The number of carboxylic acids is 1. The first-order valence-corrected chi connectivity index (χ1v) is 7.20. The molecule has 1 aliphatic heterocycles. The summed E-state index contributed by atoms with van der Waals surface area (Å²) in [4.78, 5) is 22.8. The Labute approximate surface area is 113 Å². The monoisotopic (exact) mass is 269 g/mol. The molecular weight excluding hydrogens is 246 g/mol. The average Bonchev–Trinajstić information content (AvgIpc) is 2.83. The van der Waals surface area contributed by atoms with Crippen molar-refractivity contribution < 1.29 is 19.4 Å². The topological polar surface area (TPSA) is 75.6 Å². The van der Waals surface area contributed by atoms with Gasteiger partial charge in [0.05, 0.1) is 5.92 Å². The molecule has 1 saturated carbocycles. The van der Waals surface area contributed by atoms with Crippen molar-refractivity contribution in [3.63, 3.8) is 0 Å². The van der Waals surface area contributed by atoms with Gasteiger partial charge in [-0.3, -0.25) is 9.59 Å². The highest BCUT2D eigenvalue weighted by Crippen LogP contribution is 2.28. The van der Waals surface area contributed by atoms with E-state index in [0.29, 0.717) is 25.0 Å². The van der Waals surface area contributed by atoms with Gasteiger partial charge in [-0.1, -0.05) is 6.92 Å². The van der Waals surface area contributed by atoms with Crippen molar-refractivity contribution in [3.05, 3.63) is 0 Å². The molecule has 2 aliphatic rings. The molecule has 2 atom stereocenters. The quantitative estimate of drug-likeness (QED) is 0.809. The fourth-order valence-electron chi connectivity index (χ4n) is 2.99. The van der Waals surface area contributed by atoms with Crippen LogP contribution in [-0.4, -0.2) is 36.2 Å². The Kier molecular flexibility index (Phi) is 4.80. The molecule has 1 heterocycles. The number of aliphatic carboxylic acids is 1. The molecule has 0 spiro atoms. The molecule has 2 rings (SSSR count). The lowest BCUT2D eigenvalue weighted by molar-refractivity contribution is -0.143. The van der Waals surface area contributed by atoms with Crippen molar-refractivity contribution in [2.24, 2.45) is 17.8 Å². The number of carboxylic acid groups (broad SMARTS) is 1. The summed E-state index contributed by atoms with van der Waals surface area (Å²) in [5, 5.41) is 11.9. The van der Waals surface area contributed by atoms with Crippen molar-refractivity contribution >= 4 is 11.9 Å². The van der Waals surface area contributed by atoms with Crippen LogP contribution in [0.1, 0.15) is 39.0 Å². The minimum Gasteiger partial charge on any atom is -0.481 e. The number of carbonyl (C=O) groups excluding carboxylic acids is 1. The summed E-state index contributed by atoms with van der Waals surface area (Å²) in [6.07, 6.45) is 3.88. The summed E-state index contributed by atoms with van der Waals surface area (Å²) < 4.78 is 5.43. The molecule has 1 amide bonds. The van der Waals surface area contributed by atoms with Gasteiger partial charge in [0.2, 0.25) is 5.91 Å². The van der Waals surface area contributed by atoms with Crippen molar-refractivity contribution in [3.8, 4) is 0 Å². The van der Waals surface area contributed by atoms with Crippen molar-refractivity contribution in [1.29, 1.82) is 0 Å². The zero-order chi connectivity index (χ0) is 13.8. The van der Waals surface area contributed by atoms with E-state index in [1.807, 2.05) is 6.92 Å². The minimum atomic E-state index is -0.685. The summed E-state index contributed by atoms with van der Waals surface area (Å²) in [6.45, 7) is 3.36. The highest BCUT2D eigenvalue weighted by atomic mass is 16.5. The zero-order valence-corrected chi connectivity index (χ0v) is 11.4. The van der Waals surface area contributed by atoms with E-state index in [1.165, 1.54) is 0 Å². The number of rotatable bonds is 4. The predicted octanol–water partition coefficient (Wildman–Crippen LogP) is 1.42. The van der Waals surface area contributed by atoms with Crippen LogP contribution in [0.25, 0.3) is 0 Å². The van der Waals surface area contributed by atoms with Gasteiger partial charge in [0, 0.05) is 13.2 Å². The highest BCUT2D eigenvalue weighted by Gasteiger charge is 2.31. The van der Waals surface area contributed by atoms with Gasteiger partial charge in [0.1, 0.15) is 6.10 Å². The van der Waals surface area contributed by atoms with E-state index in [-0.39, 0.29) is 17.9 Å².